The maximum Gasteiger partial charge on any atom is 0.341 e. The number of hydrogen-bond donors (Lipinski definition) is 0. The van der Waals surface area contributed by atoms with Crippen LogP contribution in [0.2, 0.25) is 0 Å². The number of aryl methyl sites for hydroxylation is 1. The van der Waals surface area contributed by atoms with Crippen LogP contribution in [-0.4, -0.2) is 24.5 Å². The van der Waals surface area contributed by atoms with Crippen molar-refractivity contribution >= 4 is 22.2 Å². The van der Waals surface area contributed by atoms with E-state index in [1.54, 1.807) is 13.3 Å². The molecule has 0 amide bonds. The van der Waals surface area contributed by atoms with Crippen molar-refractivity contribution in [3.63, 3.8) is 0 Å². The van der Waals surface area contributed by atoms with E-state index in [2.05, 4.69) is 11.3 Å². The molecule has 0 aliphatic heterocycles. The summed E-state index contributed by atoms with van der Waals surface area (Å²) < 4.78 is 46.4. The van der Waals surface area contributed by atoms with Gasteiger partial charge >= 0.3 is 5.88 Å². The van der Waals surface area contributed by atoms with Gasteiger partial charge in [0.1, 0.15) is 6.54 Å². The van der Waals surface area contributed by atoms with Crippen LogP contribution in [0, 0.1) is 0 Å². The SMILES string of the molecule is CCC[n+]1sncc1OC.O=S(=O)([O-])F. The zero-order chi connectivity index (χ0) is 11.9. The summed E-state index contributed by atoms with van der Waals surface area (Å²) in [5.74, 6) is 0.854. The minimum absolute atomic E-state index is 0.854. The molecule has 0 N–H and O–H groups in total. The monoisotopic (exact) mass is 258 g/mol. The van der Waals surface area contributed by atoms with E-state index in [-0.39, 0.29) is 0 Å². The number of rotatable bonds is 3. The predicted molar refractivity (Wildman–Crippen MR) is 50.0 cm³/mol. The molecule has 0 radical (unpaired) electrons. The topological polar surface area (TPSA) is 83.2 Å². The largest absolute Gasteiger partial charge is 0.722 e. The van der Waals surface area contributed by atoms with E-state index in [1.165, 1.54) is 11.7 Å². The highest BCUT2D eigenvalue weighted by molar-refractivity contribution is 7.80. The summed E-state index contributed by atoms with van der Waals surface area (Å²) in [4.78, 5) is 0. The fourth-order valence-corrected chi connectivity index (χ4v) is 1.46. The first-order valence-corrected chi connectivity index (χ1v) is 5.96. The van der Waals surface area contributed by atoms with Crippen molar-refractivity contribution in [2.24, 2.45) is 0 Å². The lowest BCUT2D eigenvalue weighted by atomic mass is 10.5. The first-order chi connectivity index (χ1) is 6.88. The van der Waals surface area contributed by atoms with Gasteiger partial charge in [-0.2, -0.15) is 0 Å². The van der Waals surface area contributed by atoms with E-state index in [0.29, 0.717) is 0 Å². The van der Waals surface area contributed by atoms with Gasteiger partial charge in [-0.15, -0.1) is 7.84 Å². The first-order valence-electron chi connectivity index (χ1n) is 3.93. The average molecular weight is 258 g/mol. The third kappa shape index (κ3) is 8.21. The van der Waals surface area contributed by atoms with Crippen LogP contribution in [0.4, 0.5) is 3.89 Å². The Bertz CT molecular complexity index is 370. The molecule has 0 aromatic carbocycles. The Labute approximate surface area is 91.7 Å². The molecule has 88 valence electrons. The maximum absolute atomic E-state index is 10.1. The molecule has 1 aromatic heterocycles. The number of ether oxygens (including phenoxy) is 1. The van der Waals surface area contributed by atoms with Crippen LogP contribution in [0.1, 0.15) is 13.3 Å². The Kier molecular flexibility index (Phi) is 6.29. The molecule has 0 saturated carbocycles. The van der Waals surface area contributed by atoms with E-state index in [1.807, 2.05) is 3.96 Å². The van der Waals surface area contributed by atoms with Crippen molar-refractivity contribution in [3.8, 4) is 5.88 Å². The second-order valence-corrected chi connectivity index (χ2v) is 3.95. The highest BCUT2D eigenvalue weighted by Gasteiger charge is 2.10. The van der Waals surface area contributed by atoms with Crippen molar-refractivity contribution in [2.45, 2.75) is 19.9 Å². The standard InChI is InChI=1S/C6H11N2OS.FHO3S/c1-3-4-8-6(9-2)5-7-10-8;1-5(2,3)4/h5H,3-4H2,1-2H3;(H,2,3,4)/q+1;/p-1. The molecule has 1 heterocycles. The van der Waals surface area contributed by atoms with Crippen molar-refractivity contribution in [1.29, 1.82) is 0 Å². The summed E-state index contributed by atoms with van der Waals surface area (Å²) in [5.41, 5.74) is 0. The summed E-state index contributed by atoms with van der Waals surface area (Å²) >= 11 is 1.44. The van der Waals surface area contributed by atoms with Gasteiger partial charge in [0.15, 0.2) is 0 Å². The highest BCUT2D eigenvalue weighted by Crippen LogP contribution is 2.01. The van der Waals surface area contributed by atoms with Crippen LogP contribution in [0.15, 0.2) is 6.20 Å². The minimum atomic E-state index is -5.42. The summed E-state index contributed by atoms with van der Waals surface area (Å²) in [7, 11) is -3.75. The summed E-state index contributed by atoms with van der Waals surface area (Å²) in [5, 5.41) is 0. The van der Waals surface area contributed by atoms with E-state index < -0.39 is 10.5 Å². The second-order valence-electron chi connectivity index (χ2n) is 2.35. The third-order valence-electron chi connectivity index (χ3n) is 1.19. The zero-order valence-electron chi connectivity index (χ0n) is 8.21. The first kappa shape index (κ1) is 14.2. The molecule has 1 aromatic rings. The van der Waals surface area contributed by atoms with Crippen molar-refractivity contribution in [1.82, 2.24) is 4.37 Å². The average Bonchev–Trinajstić information content (AvgIpc) is 2.49. The van der Waals surface area contributed by atoms with Crippen LogP contribution in [0.3, 0.4) is 0 Å². The van der Waals surface area contributed by atoms with Gasteiger partial charge in [-0.05, 0) is 6.42 Å². The molecular formula is C6H11FN2O4S2. The molecule has 15 heavy (non-hydrogen) atoms. The molecule has 9 heteroatoms. The van der Waals surface area contributed by atoms with Crippen molar-refractivity contribution < 1.29 is 25.5 Å². The van der Waals surface area contributed by atoms with Gasteiger partial charge in [0.2, 0.25) is 6.20 Å². The normalized spacial score (nSPS) is 10.4. The number of hydrogen-bond acceptors (Lipinski definition) is 6. The van der Waals surface area contributed by atoms with Crippen molar-refractivity contribution in [3.05, 3.63) is 6.20 Å². The van der Waals surface area contributed by atoms with E-state index >= 15 is 0 Å². The van der Waals surface area contributed by atoms with Crippen molar-refractivity contribution in [2.75, 3.05) is 7.11 Å². The Morgan fingerprint density at radius 3 is 2.67 bits per heavy atom. The lowest BCUT2D eigenvalue weighted by Crippen LogP contribution is -2.29. The Morgan fingerprint density at radius 2 is 2.27 bits per heavy atom. The van der Waals surface area contributed by atoms with Gasteiger partial charge in [0.05, 0.1) is 7.11 Å². The Hall–Kier alpha value is -0.800. The lowest BCUT2D eigenvalue weighted by molar-refractivity contribution is -0.635. The van der Waals surface area contributed by atoms with Crippen LogP contribution in [0.25, 0.3) is 0 Å². The van der Waals surface area contributed by atoms with Gasteiger partial charge < -0.3 is 9.29 Å². The zero-order valence-corrected chi connectivity index (χ0v) is 9.85. The fraction of sp³-hybridized carbons (Fsp3) is 0.667. The van der Waals surface area contributed by atoms with Gasteiger partial charge in [0, 0.05) is 4.37 Å². The van der Waals surface area contributed by atoms with Gasteiger partial charge in [-0.3, -0.25) is 0 Å². The maximum atomic E-state index is 10.1. The molecule has 0 spiro atoms. The second kappa shape index (κ2) is 6.64. The summed E-state index contributed by atoms with van der Waals surface area (Å²) in [6, 6.07) is 0. The quantitative estimate of drug-likeness (QED) is 0.441. The highest BCUT2D eigenvalue weighted by atomic mass is 32.3. The predicted octanol–water partition coefficient (Wildman–Crippen LogP) is 0.265. The molecule has 0 bridgehead atoms. The Morgan fingerprint density at radius 1 is 1.73 bits per heavy atom. The summed E-state index contributed by atoms with van der Waals surface area (Å²) in [6.45, 7) is 3.12. The Balaban J connectivity index is 0.000000336. The fourth-order valence-electron chi connectivity index (χ4n) is 0.739. The van der Waals surface area contributed by atoms with Crippen LogP contribution in [0.5, 0.6) is 5.88 Å². The van der Waals surface area contributed by atoms with Crippen LogP contribution in [-0.2, 0) is 17.0 Å². The van der Waals surface area contributed by atoms with Gasteiger partial charge in [0.25, 0.3) is 22.2 Å². The molecule has 1 rings (SSSR count). The number of halogens is 1. The molecule has 0 atom stereocenters. The third-order valence-corrected chi connectivity index (χ3v) is 1.95. The molecule has 0 unspecified atom stereocenters. The van der Waals surface area contributed by atoms with E-state index in [4.69, 9.17) is 17.7 Å². The molecule has 6 nitrogen and oxygen atoms in total. The molecular weight excluding hydrogens is 247 g/mol. The number of nitrogens with zero attached hydrogens (tertiary/aromatic N) is 2. The smallest absolute Gasteiger partial charge is 0.341 e. The minimum Gasteiger partial charge on any atom is -0.722 e. The molecule has 0 saturated heterocycles. The molecule has 0 fully saturated rings. The van der Waals surface area contributed by atoms with Gasteiger partial charge in [-0.25, -0.2) is 8.42 Å². The summed E-state index contributed by atoms with van der Waals surface area (Å²) in [6.07, 6.45) is 2.85. The lowest BCUT2D eigenvalue weighted by Gasteiger charge is -1.93. The van der Waals surface area contributed by atoms with Gasteiger partial charge in [-0.1, -0.05) is 6.92 Å². The van der Waals surface area contributed by atoms with Crippen LogP contribution >= 0.6 is 11.7 Å². The number of aromatic nitrogens is 2. The van der Waals surface area contributed by atoms with E-state index in [0.717, 1.165) is 18.8 Å². The van der Waals surface area contributed by atoms with E-state index in [9.17, 15) is 3.89 Å². The molecule has 0 aliphatic rings. The van der Waals surface area contributed by atoms with Crippen LogP contribution < -0.4 is 8.69 Å². The molecule has 0 aliphatic carbocycles. The number of methoxy groups -OCH3 is 1.